The molecule has 0 aliphatic carbocycles. The molecule has 1 aliphatic heterocycles. The Kier molecular flexibility index (Phi) is 10.2. The zero-order valence-electron chi connectivity index (χ0n) is 25.2. The molecule has 3 N–H and O–H groups in total. The second-order valence-corrected chi connectivity index (χ2v) is 12.5. The number of nitrogens with zero attached hydrogens (tertiary/aromatic N) is 1. The second-order valence-electron chi connectivity index (χ2n) is 12.5. The summed E-state index contributed by atoms with van der Waals surface area (Å²) in [7, 11) is 0. The zero-order chi connectivity index (χ0) is 31.4. The maximum atomic E-state index is 13.5. The van der Waals surface area contributed by atoms with Gasteiger partial charge in [-0.2, -0.15) is 0 Å². The number of rotatable bonds is 13. The number of carbonyl (C=O) groups excluding carboxylic acids is 6. The first-order chi connectivity index (χ1) is 19.6. The van der Waals surface area contributed by atoms with Crippen LogP contribution in [0.3, 0.4) is 0 Å². The summed E-state index contributed by atoms with van der Waals surface area (Å²) < 4.78 is 0. The van der Waals surface area contributed by atoms with Crippen LogP contribution in [0, 0.1) is 17.3 Å². The maximum absolute atomic E-state index is 13.5. The third-order valence-electron chi connectivity index (χ3n) is 7.79. The number of benzene rings is 2. The molecule has 42 heavy (non-hydrogen) atoms. The van der Waals surface area contributed by atoms with Crippen molar-refractivity contribution in [3.05, 3.63) is 70.8 Å². The van der Waals surface area contributed by atoms with E-state index in [9.17, 15) is 28.8 Å². The minimum Gasteiger partial charge on any atom is -0.366 e. The topological polar surface area (TPSA) is 144 Å². The number of carbonyl (C=O) groups is 6. The lowest BCUT2D eigenvalue weighted by Gasteiger charge is -2.37. The third-order valence-corrected chi connectivity index (χ3v) is 7.79. The molecule has 0 bridgehead atoms. The number of primary amides is 1. The molecule has 2 aromatic rings. The van der Waals surface area contributed by atoms with Crippen molar-refractivity contribution < 1.29 is 28.8 Å². The van der Waals surface area contributed by atoms with Crippen LogP contribution < -0.4 is 11.1 Å². The summed E-state index contributed by atoms with van der Waals surface area (Å²) >= 11 is 0. The van der Waals surface area contributed by atoms with Crippen LogP contribution >= 0.6 is 0 Å². The second kappa shape index (κ2) is 13.2. The fraction of sp³-hybridized carbons (Fsp3) is 0.455. The quantitative estimate of drug-likeness (QED) is 0.349. The smallest absolute Gasteiger partial charge is 0.255 e. The van der Waals surface area contributed by atoms with Gasteiger partial charge in [0.1, 0.15) is 6.04 Å². The molecule has 0 unspecified atom stereocenters. The molecular formula is C33H41N3O6. The SMILES string of the molecule is CC(C)[C@H](CC(=O)[C@H](C)NC(=O)[C@@H](N1Cc2ccccc2C1=O)C(C)(C)C)C(=O)C(=O)CCc1ccc(C(N)=O)cc1. The molecule has 0 saturated heterocycles. The van der Waals surface area contributed by atoms with Crippen molar-refractivity contribution in [3.63, 3.8) is 0 Å². The zero-order valence-corrected chi connectivity index (χ0v) is 25.2. The van der Waals surface area contributed by atoms with E-state index in [1.165, 1.54) is 4.90 Å². The van der Waals surface area contributed by atoms with Crippen molar-refractivity contribution in [2.75, 3.05) is 0 Å². The average Bonchev–Trinajstić information content (AvgIpc) is 3.24. The molecule has 3 atom stereocenters. The van der Waals surface area contributed by atoms with E-state index in [-0.39, 0.29) is 30.4 Å². The Balaban J connectivity index is 1.63. The molecule has 224 valence electrons. The van der Waals surface area contributed by atoms with Crippen molar-refractivity contribution in [1.29, 1.82) is 0 Å². The van der Waals surface area contributed by atoms with Gasteiger partial charge in [0, 0.05) is 36.4 Å². The number of aryl methyl sites for hydroxylation is 1. The van der Waals surface area contributed by atoms with Crippen LogP contribution in [0.25, 0.3) is 0 Å². The third kappa shape index (κ3) is 7.57. The van der Waals surface area contributed by atoms with Gasteiger partial charge in [0.05, 0.1) is 6.04 Å². The molecule has 9 heteroatoms. The van der Waals surface area contributed by atoms with Crippen molar-refractivity contribution >= 4 is 35.1 Å². The lowest BCUT2D eigenvalue weighted by Crippen LogP contribution is -2.56. The molecule has 0 saturated carbocycles. The van der Waals surface area contributed by atoms with Gasteiger partial charge in [-0.1, -0.05) is 65.0 Å². The van der Waals surface area contributed by atoms with Crippen molar-refractivity contribution in [3.8, 4) is 0 Å². The van der Waals surface area contributed by atoms with Crippen LogP contribution in [-0.2, 0) is 32.1 Å². The normalized spacial score (nSPS) is 15.1. The van der Waals surface area contributed by atoms with Crippen molar-refractivity contribution in [2.24, 2.45) is 23.0 Å². The monoisotopic (exact) mass is 575 g/mol. The largest absolute Gasteiger partial charge is 0.366 e. The van der Waals surface area contributed by atoms with E-state index < -0.39 is 46.8 Å². The van der Waals surface area contributed by atoms with Gasteiger partial charge in [0.2, 0.25) is 17.6 Å². The highest BCUT2D eigenvalue weighted by molar-refractivity contribution is 6.38. The summed E-state index contributed by atoms with van der Waals surface area (Å²) in [6, 6.07) is 12.0. The number of ketones is 3. The Bertz CT molecular complexity index is 1370. The van der Waals surface area contributed by atoms with Crippen molar-refractivity contribution in [2.45, 2.75) is 79.4 Å². The number of Topliss-reactive ketones (excluding diaryl/α,β-unsaturated/α-hetero) is 3. The molecule has 0 spiro atoms. The van der Waals surface area contributed by atoms with Crippen LogP contribution in [0.5, 0.6) is 0 Å². The van der Waals surface area contributed by atoms with Gasteiger partial charge in [-0.05, 0) is 54.0 Å². The predicted octanol–water partition coefficient (Wildman–Crippen LogP) is 3.66. The van der Waals surface area contributed by atoms with E-state index in [0.717, 1.165) is 11.1 Å². The highest BCUT2D eigenvalue weighted by Crippen LogP contribution is 2.32. The molecule has 2 aromatic carbocycles. The molecule has 0 aromatic heterocycles. The van der Waals surface area contributed by atoms with Gasteiger partial charge in [0.15, 0.2) is 11.6 Å². The van der Waals surface area contributed by atoms with E-state index in [1.54, 1.807) is 57.2 Å². The van der Waals surface area contributed by atoms with Gasteiger partial charge in [-0.25, -0.2) is 0 Å². The molecular weight excluding hydrogens is 534 g/mol. The minimum atomic E-state index is -0.921. The molecule has 3 amide bonds. The number of nitrogens with one attached hydrogen (secondary N) is 1. The first-order valence-electron chi connectivity index (χ1n) is 14.3. The highest BCUT2D eigenvalue weighted by atomic mass is 16.2. The molecule has 0 radical (unpaired) electrons. The van der Waals surface area contributed by atoms with E-state index >= 15 is 0 Å². The standard InChI is InChI=1S/C33H41N3O6/c1-19(2)25(28(39)26(37)16-13-21-11-14-22(15-12-21)30(34)40)17-27(38)20(3)35-31(41)29(33(4,5)6)36-18-23-9-7-8-10-24(23)32(36)42/h7-12,14-15,19-20,25,29H,13,16-18H2,1-6H3,(H2,34,40)(H,35,41)/t20-,25-,29+/m0/s1. The summed E-state index contributed by atoms with van der Waals surface area (Å²) in [5.74, 6) is -3.87. The number of hydrogen-bond acceptors (Lipinski definition) is 6. The maximum Gasteiger partial charge on any atom is 0.255 e. The lowest BCUT2D eigenvalue weighted by molar-refractivity contribution is -0.141. The Hall–Kier alpha value is -4.14. The van der Waals surface area contributed by atoms with Gasteiger partial charge in [-0.15, -0.1) is 0 Å². The van der Waals surface area contributed by atoms with E-state index in [1.807, 2.05) is 32.9 Å². The average molecular weight is 576 g/mol. The van der Waals surface area contributed by atoms with Crippen molar-refractivity contribution in [1.82, 2.24) is 10.2 Å². The Morgan fingerprint density at radius 3 is 2.12 bits per heavy atom. The van der Waals surface area contributed by atoms with Crippen LogP contribution in [0.2, 0.25) is 0 Å². The van der Waals surface area contributed by atoms with Crippen LogP contribution in [0.15, 0.2) is 48.5 Å². The molecule has 1 heterocycles. The first kappa shape index (κ1) is 32.4. The fourth-order valence-corrected chi connectivity index (χ4v) is 5.31. The summed E-state index contributed by atoms with van der Waals surface area (Å²) in [6.45, 7) is 11.0. The molecule has 0 fully saturated rings. The van der Waals surface area contributed by atoms with Gasteiger partial charge >= 0.3 is 0 Å². The summed E-state index contributed by atoms with van der Waals surface area (Å²) in [4.78, 5) is 78.6. The van der Waals surface area contributed by atoms with Gasteiger partial charge < -0.3 is 16.0 Å². The number of hydrogen-bond donors (Lipinski definition) is 2. The molecule has 1 aliphatic rings. The molecule has 9 nitrogen and oxygen atoms in total. The Morgan fingerprint density at radius 1 is 0.952 bits per heavy atom. The summed E-state index contributed by atoms with van der Waals surface area (Å²) in [6.07, 6.45) is 0.0886. The van der Waals surface area contributed by atoms with Crippen LogP contribution in [0.1, 0.15) is 86.2 Å². The number of nitrogens with two attached hydrogens (primary N) is 1. The van der Waals surface area contributed by atoms with E-state index in [4.69, 9.17) is 5.73 Å². The van der Waals surface area contributed by atoms with E-state index in [2.05, 4.69) is 5.32 Å². The predicted molar refractivity (Wildman–Crippen MR) is 158 cm³/mol. The van der Waals surface area contributed by atoms with E-state index in [0.29, 0.717) is 24.1 Å². The number of amides is 3. The summed E-state index contributed by atoms with van der Waals surface area (Å²) in [5.41, 5.74) is 7.18. The molecule has 3 rings (SSSR count). The fourth-order valence-electron chi connectivity index (χ4n) is 5.31. The minimum absolute atomic E-state index is 0.0298. The van der Waals surface area contributed by atoms with Gasteiger partial charge in [0.25, 0.3) is 5.91 Å². The van der Waals surface area contributed by atoms with Crippen LogP contribution in [0.4, 0.5) is 0 Å². The van der Waals surface area contributed by atoms with Crippen LogP contribution in [-0.4, -0.2) is 52.1 Å². The Morgan fingerprint density at radius 2 is 1.57 bits per heavy atom. The highest BCUT2D eigenvalue weighted by Gasteiger charge is 2.43. The number of fused-ring (bicyclic) bond motifs is 1. The summed E-state index contributed by atoms with van der Waals surface area (Å²) in [5, 5.41) is 2.77. The first-order valence-corrected chi connectivity index (χ1v) is 14.3. The Labute approximate surface area is 247 Å². The lowest BCUT2D eigenvalue weighted by atomic mass is 9.82. The van der Waals surface area contributed by atoms with Gasteiger partial charge in [-0.3, -0.25) is 28.8 Å².